The fraction of sp³-hybridized carbons (Fsp3) is 0.346. The number of fused-ring (bicyclic) bond motifs is 1. The lowest BCUT2D eigenvalue weighted by molar-refractivity contribution is -0.116. The highest BCUT2D eigenvalue weighted by Gasteiger charge is 2.33. The van der Waals surface area contributed by atoms with E-state index in [0.717, 1.165) is 34.1 Å². The summed E-state index contributed by atoms with van der Waals surface area (Å²) in [5.74, 6) is 1.51. The summed E-state index contributed by atoms with van der Waals surface area (Å²) in [6, 6.07) is 14.7. The maximum Gasteiger partial charge on any atom is 0.243 e. The first-order valence-corrected chi connectivity index (χ1v) is 13.4. The van der Waals surface area contributed by atoms with Crippen LogP contribution in [0.1, 0.15) is 19.4 Å². The number of rotatable bonds is 5. The summed E-state index contributed by atoms with van der Waals surface area (Å²) < 4.78 is 33.6. The molecule has 188 valence electrons. The second-order valence-electron chi connectivity index (χ2n) is 9.11. The molecule has 3 heterocycles. The zero-order chi connectivity index (χ0) is 25.4. The molecule has 10 heteroatoms. The normalized spacial score (nSPS) is 18.2. The monoisotopic (exact) mass is 507 g/mol. The highest BCUT2D eigenvalue weighted by molar-refractivity contribution is 7.89. The first-order valence-electron chi connectivity index (χ1n) is 11.9. The van der Waals surface area contributed by atoms with Crippen LogP contribution in [0.4, 0.5) is 11.5 Å². The van der Waals surface area contributed by atoms with Crippen LogP contribution >= 0.6 is 0 Å². The van der Waals surface area contributed by atoms with Crippen LogP contribution in [0, 0.1) is 0 Å². The maximum absolute atomic E-state index is 13.4. The van der Waals surface area contributed by atoms with Gasteiger partial charge in [-0.1, -0.05) is 0 Å². The number of carbonyl (C=O) groups excluding carboxylic acids is 1. The molecule has 5 rings (SSSR count). The number of piperazine rings is 1. The first kappa shape index (κ1) is 24.2. The van der Waals surface area contributed by atoms with Gasteiger partial charge in [0, 0.05) is 56.5 Å². The number of hydrogen-bond donors (Lipinski definition) is 0. The van der Waals surface area contributed by atoms with Crippen molar-refractivity contribution in [2.45, 2.75) is 31.2 Å². The summed E-state index contributed by atoms with van der Waals surface area (Å²) in [7, 11) is -2.01. The number of benzene rings is 2. The Morgan fingerprint density at radius 3 is 2.39 bits per heavy atom. The predicted octanol–water partition coefficient (Wildman–Crippen LogP) is 2.96. The second-order valence-corrected chi connectivity index (χ2v) is 11.1. The van der Waals surface area contributed by atoms with Crippen molar-refractivity contribution in [3.63, 3.8) is 0 Å². The standard InChI is InChI=1S/C26H29N5O4S/c1-18-14-21-15-23(8-9-25(21)31(18)19(2)32)36(33,34)30-12-10-29(11-13-30)26-16-24(27-17-28-26)20-4-6-22(35-3)7-5-20/h4-9,15-18H,10-14H2,1-3H3. The fourth-order valence-electron chi connectivity index (χ4n) is 4.99. The number of amides is 1. The van der Waals surface area contributed by atoms with Crippen LogP contribution in [0.25, 0.3) is 11.3 Å². The van der Waals surface area contributed by atoms with Gasteiger partial charge < -0.3 is 14.5 Å². The minimum atomic E-state index is -3.64. The lowest BCUT2D eigenvalue weighted by Crippen LogP contribution is -2.48. The molecule has 0 bridgehead atoms. The van der Waals surface area contributed by atoms with Crippen LogP contribution < -0.4 is 14.5 Å². The molecule has 1 fully saturated rings. The molecule has 9 nitrogen and oxygen atoms in total. The largest absolute Gasteiger partial charge is 0.497 e. The number of methoxy groups -OCH3 is 1. The first-order chi connectivity index (χ1) is 17.3. The van der Waals surface area contributed by atoms with Crippen LogP contribution in [0.2, 0.25) is 0 Å². The molecule has 36 heavy (non-hydrogen) atoms. The average molecular weight is 508 g/mol. The summed E-state index contributed by atoms with van der Waals surface area (Å²) in [6.07, 6.45) is 2.18. The fourth-order valence-corrected chi connectivity index (χ4v) is 6.47. The van der Waals surface area contributed by atoms with E-state index < -0.39 is 10.0 Å². The molecule has 1 unspecified atom stereocenters. The molecule has 1 atom stereocenters. The molecule has 0 N–H and O–H groups in total. The summed E-state index contributed by atoms with van der Waals surface area (Å²) >= 11 is 0. The third-order valence-electron chi connectivity index (χ3n) is 6.84. The molecule has 0 saturated carbocycles. The predicted molar refractivity (Wildman–Crippen MR) is 138 cm³/mol. The average Bonchev–Trinajstić information content (AvgIpc) is 3.24. The van der Waals surface area contributed by atoms with E-state index in [9.17, 15) is 13.2 Å². The Bertz CT molecular complexity index is 1390. The van der Waals surface area contributed by atoms with Gasteiger partial charge in [-0.3, -0.25) is 4.79 Å². The summed E-state index contributed by atoms with van der Waals surface area (Å²) in [5, 5.41) is 0. The van der Waals surface area contributed by atoms with Gasteiger partial charge in [-0.2, -0.15) is 4.31 Å². The van der Waals surface area contributed by atoms with E-state index in [0.29, 0.717) is 32.6 Å². The van der Waals surface area contributed by atoms with E-state index in [4.69, 9.17) is 4.74 Å². The Morgan fingerprint density at radius 2 is 1.72 bits per heavy atom. The van der Waals surface area contributed by atoms with Crippen LogP contribution in [-0.4, -0.2) is 67.9 Å². The zero-order valence-corrected chi connectivity index (χ0v) is 21.4. The Kier molecular flexibility index (Phi) is 6.40. The van der Waals surface area contributed by atoms with Gasteiger partial charge in [0.2, 0.25) is 15.9 Å². The SMILES string of the molecule is COc1ccc(-c2cc(N3CCN(S(=O)(=O)c4ccc5c(c4)CC(C)N5C(C)=O)CC3)ncn2)cc1. The van der Waals surface area contributed by atoms with Crippen molar-refractivity contribution < 1.29 is 17.9 Å². The Balaban J connectivity index is 1.29. The van der Waals surface area contributed by atoms with Crippen LogP contribution in [0.15, 0.2) is 59.8 Å². The number of nitrogens with zero attached hydrogens (tertiary/aromatic N) is 5. The third-order valence-corrected chi connectivity index (χ3v) is 8.74. The number of carbonyl (C=O) groups is 1. The van der Waals surface area contributed by atoms with Gasteiger partial charge in [0.15, 0.2) is 0 Å². The number of aromatic nitrogens is 2. The summed E-state index contributed by atoms with van der Waals surface area (Å²) in [6.45, 7) is 5.28. The van der Waals surface area contributed by atoms with E-state index >= 15 is 0 Å². The molecule has 0 aliphatic carbocycles. The van der Waals surface area contributed by atoms with Crippen molar-refractivity contribution in [1.29, 1.82) is 0 Å². The smallest absolute Gasteiger partial charge is 0.243 e. The van der Waals surface area contributed by atoms with Crippen molar-refractivity contribution in [1.82, 2.24) is 14.3 Å². The highest BCUT2D eigenvalue weighted by Crippen LogP contribution is 2.35. The van der Waals surface area contributed by atoms with Crippen LogP contribution in [-0.2, 0) is 21.2 Å². The second kappa shape index (κ2) is 9.51. The minimum absolute atomic E-state index is 0.0228. The van der Waals surface area contributed by atoms with E-state index in [1.54, 1.807) is 30.2 Å². The third kappa shape index (κ3) is 4.42. The van der Waals surface area contributed by atoms with Gasteiger partial charge in [-0.25, -0.2) is 18.4 Å². The number of sulfonamides is 1. The quantitative estimate of drug-likeness (QED) is 0.524. The molecule has 0 spiro atoms. The van der Waals surface area contributed by atoms with Gasteiger partial charge >= 0.3 is 0 Å². The van der Waals surface area contributed by atoms with E-state index in [1.807, 2.05) is 37.3 Å². The zero-order valence-electron chi connectivity index (χ0n) is 20.6. The minimum Gasteiger partial charge on any atom is -0.497 e. The number of anilines is 2. The molecule has 2 aliphatic rings. The lowest BCUT2D eigenvalue weighted by Gasteiger charge is -2.34. The molecule has 1 saturated heterocycles. The van der Waals surface area contributed by atoms with Gasteiger partial charge in [-0.05, 0) is 61.4 Å². The number of ether oxygens (including phenoxy) is 1. The molecular weight excluding hydrogens is 478 g/mol. The molecule has 2 aliphatic heterocycles. The Morgan fingerprint density at radius 1 is 1.00 bits per heavy atom. The lowest BCUT2D eigenvalue weighted by atomic mass is 10.1. The molecule has 1 aromatic heterocycles. The van der Waals surface area contributed by atoms with Crippen LogP contribution in [0.3, 0.4) is 0 Å². The highest BCUT2D eigenvalue weighted by atomic mass is 32.2. The van der Waals surface area contributed by atoms with E-state index in [1.165, 1.54) is 17.6 Å². The van der Waals surface area contributed by atoms with E-state index in [2.05, 4.69) is 14.9 Å². The van der Waals surface area contributed by atoms with E-state index in [-0.39, 0.29) is 16.8 Å². The molecule has 3 aromatic rings. The maximum atomic E-state index is 13.4. The Labute approximate surface area is 211 Å². The van der Waals surface area contributed by atoms with Crippen LogP contribution in [0.5, 0.6) is 5.75 Å². The van der Waals surface area contributed by atoms with Crippen molar-refractivity contribution in [2.75, 3.05) is 43.1 Å². The van der Waals surface area contributed by atoms with Gasteiger partial charge in [0.05, 0.1) is 17.7 Å². The number of hydrogen-bond acceptors (Lipinski definition) is 7. The molecule has 2 aromatic carbocycles. The van der Waals surface area contributed by atoms with Gasteiger partial charge in [-0.15, -0.1) is 0 Å². The molecular formula is C26H29N5O4S. The van der Waals surface area contributed by atoms with Crippen molar-refractivity contribution >= 4 is 27.4 Å². The van der Waals surface area contributed by atoms with Gasteiger partial charge in [0.25, 0.3) is 0 Å². The molecule has 0 radical (unpaired) electrons. The van der Waals surface area contributed by atoms with Crippen molar-refractivity contribution in [3.05, 3.63) is 60.4 Å². The van der Waals surface area contributed by atoms with Crippen molar-refractivity contribution in [2.24, 2.45) is 0 Å². The molecule has 1 amide bonds. The van der Waals surface area contributed by atoms with Crippen molar-refractivity contribution in [3.8, 4) is 17.0 Å². The summed E-state index contributed by atoms with van der Waals surface area (Å²) in [4.78, 5) is 24.9. The summed E-state index contributed by atoms with van der Waals surface area (Å²) in [5.41, 5.74) is 3.44. The van der Waals surface area contributed by atoms with Gasteiger partial charge in [0.1, 0.15) is 17.9 Å². The Hall–Kier alpha value is -3.50. The topological polar surface area (TPSA) is 95.9 Å².